The van der Waals surface area contributed by atoms with E-state index in [1.54, 1.807) is 30.4 Å². The molecule has 0 spiro atoms. The minimum atomic E-state index is -0.416. The van der Waals surface area contributed by atoms with Crippen molar-refractivity contribution in [2.24, 2.45) is 0 Å². The van der Waals surface area contributed by atoms with Gasteiger partial charge in [0.05, 0.1) is 0 Å². The summed E-state index contributed by atoms with van der Waals surface area (Å²) in [6.07, 6.45) is 3.27. The first-order chi connectivity index (χ1) is 8.15. The Hall–Kier alpha value is -2.49. The molecule has 0 aliphatic heterocycles. The van der Waals surface area contributed by atoms with Crippen molar-refractivity contribution in [1.29, 1.82) is 0 Å². The van der Waals surface area contributed by atoms with Gasteiger partial charge in [-0.1, -0.05) is 18.2 Å². The van der Waals surface area contributed by atoms with Crippen LogP contribution in [0.15, 0.2) is 45.6 Å². The molecule has 1 aromatic carbocycles. The number of phenols is 2. The Morgan fingerprint density at radius 3 is 2.53 bits per heavy atom. The van der Waals surface area contributed by atoms with Gasteiger partial charge in [-0.05, 0) is 29.8 Å². The first kappa shape index (κ1) is 11.0. The zero-order valence-electron chi connectivity index (χ0n) is 8.83. The Morgan fingerprint density at radius 1 is 1.00 bits per heavy atom. The highest BCUT2D eigenvalue weighted by Gasteiger charge is 1.98. The molecule has 1 aromatic heterocycles. The lowest BCUT2D eigenvalue weighted by Gasteiger charge is -1.98. The Balaban J connectivity index is 2.26. The maximum absolute atomic E-state index is 10.9. The van der Waals surface area contributed by atoms with E-state index in [4.69, 9.17) is 9.52 Å². The summed E-state index contributed by atoms with van der Waals surface area (Å²) in [7, 11) is 0. The van der Waals surface area contributed by atoms with Gasteiger partial charge in [-0.3, -0.25) is 0 Å². The van der Waals surface area contributed by atoms with Gasteiger partial charge < -0.3 is 14.6 Å². The van der Waals surface area contributed by atoms with Crippen molar-refractivity contribution in [2.45, 2.75) is 0 Å². The summed E-state index contributed by atoms with van der Waals surface area (Å²) >= 11 is 0. The lowest BCUT2D eigenvalue weighted by atomic mass is 10.2. The lowest BCUT2D eigenvalue weighted by molar-refractivity contribution is 0.403. The Morgan fingerprint density at radius 2 is 1.82 bits per heavy atom. The number of hydrogen-bond acceptors (Lipinski definition) is 4. The van der Waals surface area contributed by atoms with E-state index in [0.29, 0.717) is 11.3 Å². The summed E-state index contributed by atoms with van der Waals surface area (Å²) < 4.78 is 4.90. The summed E-state index contributed by atoms with van der Waals surface area (Å²) in [5.74, 6) is 0.0557. The topological polar surface area (TPSA) is 70.7 Å². The van der Waals surface area contributed by atoms with Gasteiger partial charge in [0.2, 0.25) is 0 Å². The number of benzene rings is 1. The molecule has 2 N–H and O–H groups in total. The van der Waals surface area contributed by atoms with E-state index >= 15 is 0 Å². The highest BCUT2D eigenvalue weighted by molar-refractivity contribution is 5.68. The van der Waals surface area contributed by atoms with Gasteiger partial charge in [-0.15, -0.1) is 0 Å². The molecular weight excluding hydrogens is 220 g/mol. The molecule has 4 heteroatoms. The highest BCUT2D eigenvalue weighted by atomic mass is 16.4. The Bertz CT molecular complexity index is 611. The molecule has 2 rings (SSSR count). The van der Waals surface area contributed by atoms with Crippen LogP contribution in [-0.2, 0) is 0 Å². The lowest BCUT2D eigenvalue weighted by Crippen LogP contribution is -1.94. The zero-order valence-corrected chi connectivity index (χ0v) is 8.83. The van der Waals surface area contributed by atoms with E-state index in [1.165, 1.54) is 18.2 Å². The minimum Gasteiger partial charge on any atom is -0.504 e. The van der Waals surface area contributed by atoms with Gasteiger partial charge >= 0.3 is 5.63 Å². The summed E-state index contributed by atoms with van der Waals surface area (Å²) in [6, 6.07) is 9.00. The van der Waals surface area contributed by atoms with Crippen molar-refractivity contribution in [1.82, 2.24) is 0 Å². The van der Waals surface area contributed by atoms with E-state index < -0.39 is 5.63 Å². The fourth-order valence-corrected chi connectivity index (χ4v) is 1.32. The first-order valence-corrected chi connectivity index (χ1v) is 4.95. The van der Waals surface area contributed by atoms with Gasteiger partial charge in [-0.25, -0.2) is 4.79 Å². The van der Waals surface area contributed by atoms with E-state index in [-0.39, 0.29) is 11.5 Å². The van der Waals surface area contributed by atoms with Crippen LogP contribution in [0, 0.1) is 0 Å². The monoisotopic (exact) mass is 230 g/mol. The second-order valence-corrected chi connectivity index (χ2v) is 3.43. The van der Waals surface area contributed by atoms with Crippen LogP contribution < -0.4 is 5.63 Å². The summed E-state index contributed by atoms with van der Waals surface area (Å²) in [6.45, 7) is 0. The van der Waals surface area contributed by atoms with Crippen LogP contribution in [0.25, 0.3) is 12.2 Å². The largest absolute Gasteiger partial charge is 0.504 e. The van der Waals surface area contributed by atoms with Crippen molar-refractivity contribution in [2.75, 3.05) is 0 Å². The maximum atomic E-state index is 10.9. The van der Waals surface area contributed by atoms with E-state index in [1.807, 2.05) is 0 Å². The molecule has 0 radical (unpaired) electrons. The molecule has 17 heavy (non-hydrogen) atoms. The smallest absolute Gasteiger partial charge is 0.336 e. The average Bonchev–Trinajstić information content (AvgIpc) is 2.31. The van der Waals surface area contributed by atoms with Crippen molar-refractivity contribution in [3.63, 3.8) is 0 Å². The molecule has 0 fully saturated rings. The molecule has 1 heterocycles. The predicted octanol–water partition coefficient (Wildman–Crippen LogP) is 2.22. The number of phenolic OH excluding ortho intramolecular Hbond substituents is 2. The van der Waals surface area contributed by atoms with Gasteiger partial charge in [0.1, 0.15) is 5.76 Å². The predicted molar refractivity (Wildman–Crippen MR) is 63.7 cm³/mol. The van der Waals surface area contributed by atoms with E-state index in [2.05, 4.69) is 0 Å². The molecule has 0 saturated carbocycles. The van der Waals surface area contributed by atoms with Crippen molar-refractivity contribution in [3.05, 3.63) is 58.1 Å². The van der Waals surface area contributed by atoms with Gasteiger partial charge in [-0.2, -0.15) is 0 Å². The van der Waals surface area contributed by atoms with Crippen molar-refractivity contribution in [3.8, 4) is 11.5 Å². The first-order valence-electron chi connectivity index (χ1n) is 4.95. The molecule has 4 nitrogen and oxygen atoms in total. The average molecular weight is 230 g/mol. The van der Waals surface area contributed by atoms with Gasteiger partial charge in [0.15, 0.2) is 11.5 Å². The van der Waals surface area contributed by atoms with Crippen LogP contribution >= 0.6 is 0 Å². The molecule has 0 aliphatic rings. The molecular formula is C13H10O4. The molecule has 0 bridgehead atoms. The molecule has 0 saturated heterocycles. The van der Waals surface area contributed by atoms with Crippen LogP contribution in [0.3, 0.4) is 0 Å². The van der Waals surface area contributed by atoms with Gasteiger partial charge in [0, 0.05) is 6.07 Å². The number of hydrogen-bond donors (Lipinski definition) is 2. The van der Waals surface area contributed by atoms with Gasteiger partial charge in [0.25, 0.3) is 0 Å². The standard InChI is InChI=1S/C13H10O4/c14-11-7-5-9(8-12(11)15)4-6-10-2-1-3-13(16)17-10/h1-8,14-15H. The van der Waals surface area contributed by atoms with Crippen LogP contribution in [0.1, 0.15) is 11.3 Å². The fourth-order valence-electron chi connectivity index (χ4n) is 1.32. The second-order valence-electron chi connectivity index (χ2n) is 3.43. The van der Waals surface area contributed by atoms with Crippen LogP contribution in [-0.4, -0.2) is 10.2 Å². The third-order valence-electron chi connectivity index (χ3n) is 2.15. The second kappa shape index (κ2) is 4.57. The van der Waals surface area contributed by atoms with E-state index in [0.717, 1.165) is 0 Å². The summed E-state index contributed by atoms with van der Waals surface area (Å²) in [4.78, 5) is 10.9. The minimum absolute atomic E-state index is 0.173. The molecule has 0 unspecified atom stereocenters. The van der Waals surface area contributed by atoms with Crippen LogP contribution in [0.4, 0.5) is 0 Å². The summed E-state index contributed by atoms with van der Waals surface area (Å²) in [5, 5.41) is 18.4. The molecule has 86 valence electrons. The Labute approximate surface area is 97.1 Å². The highest BCUT2D eigenvalue weighted by Crippen LogP contribution is 2.25. The number of rotatable bonds is 2. The fraction of sp³-hybridized carbons (Fsp3) is 0. The van der Waals surface area contributed by atoms with Crippen molar-refractivity contribution >= 4 is 12.2 Å². The summed E-state index contributed by atoms with van der Waals surface area (Å²) in [5.41, 5.74) is 0.271. The third kappa shape index (κ3) is 2.75. The number of aromatic hydroxyl groups is 2. The van der Waals surface area contributed by atoms with E-state index in [9.17, 15) is 9.90 Å². The molecule has 0 aliphatic carbocycles. The SMILES string of the molecule is O=c1cccc(C=Cc2ccc(O)c(O)c2)o1. The molecule has 2 aromatic rings. The van der Waals surface area contributed by atoms with Crippen LogP contribution in [0.2, 0.25) is 0 Å². The van der Waals surface area contributed by atoms with Crippen LogP contribution in [0.5, 0.6) is 11.5 Å². The van der Waals surface area contributed by atoms with Crippen molar-refractivity contribution < 1.29 is 14.6 Å². The third-order valence-corrected chi connectivity index (χ3v) is 2.15. The zero-order chi connectivity index (χ0) is 12.3. The quantitative estimate of drug-likeness (QED) is 0.776. The normalized spacial score (nSPS) is 10.8. The maximum Gasteiger partial charge on any atom is 0.336 e. The molecule has 0 atom stereocenters. The molecule has 0 amide bonds. The Kier molecular flexibility index (Phi) is 2.96.